The van der Waals surface area contributed by atoms with Gasteiger partial charge in [0, 0.05) is 24.5 Å². The van der Waals surface area contributed by atoms with Crippen molar-refractivity contribution in [3.8, 4) is 0 Å². The summed E-state index contributed by atoms with van der Waals surface area (Å²) in [6.45, 7) is 7.58. The minimum atomic E-state index is 0.603. The summed E-state index contributed by atoms with van der Waals surface area (Å²) in [5.74, 6) is 1.72. The van der Waals surface area contributed by atoms with Crippen LogP contribution in [0.15, 0.2) is 30.5 Å². The summed E-state index contributed by atoms with van der Waals surface area (Å²) in [6.07, 6.45) is 6.87. The van der Waals surface area contributed by atoms with Crippen molar-refractivity contribution in [3.63, 3.8) is 0 Å². The van der Waals surface area contributed by atoms with Crippen molar-refractivity contribution in [1.29, 1.82) is 0 Å². The van der Waals surface area contributed by atoms with E-state index < -0.39 is 0 Å². The van der Waals surface area contributed by atoms with E-state index in [4.69, 9.17) is 4.98 Å². The van der Waals surface area contributed by atoms with Crippen LogP contribution in [0.25, 0.3) is 0 Å². The summed E-state index contributed by atoms with van der Waals surface area (Å²) >= 11 is 0. The number of nitrogens with zero attached hydrogens (tertiary/aromatic N) is 3. The van der Waals surface area contributed by atoms with Gasteiger partial charge in [0.2, 0.25) is 5.95 Å². The van der Waals surface area contributed by atoms with E-state index in [1.165, 1.54) is 36.8 Å². The molecular formula is C19H26N4. The van der Waals surface area contributed by atoms with Crippen LogP contribution in [-0.4, -0.2) is 22.6 Å². The van der Waals surface area contributed by atoms with Crippen LogP contribution in [0.4, 0.5) is 17.5 Å². The summed E-state index contributed by atoms with van der Waals surface area (Å²) in [5.41, 5.74) is 3.53. The molecule has 1 fully saturated rings. The Morgan fingerprint density at radius 3 is 2.70 bits per heavy atom. The Morgan fingerprint density at radius 1 is 1.17 bits per heavy atom. The van der Waals surface area contributed by atoms with E-state index in [2.05, 4.69) is 54.2 Å². The second kappa shape index (κ2) is 6.99. The lowest BCUT2D eigenvalue weighted by Gasteiger charge is -2.36. The van der Waals surface area contributed by atoms with Crippen molar-refractivity contribution >= 4 is 17.5 Å². The molecule has 1 aromatic heterocycles. The maximum Gasteiger partial charge on any atom is 0.229 e. The van der Waals surface area contributed by atoms with E-state index in [1.54, 1.807) is 0 Å². The van der Waals surface area contributed by atoms with Crippen molar-refractivity contribution in [3.05, 3.63) is 41.6 Å². The van der Waals surface area contributed by atoms with Crippen LogP contribution in [0.2, 0.25) is 0 Å². The molecular weight excluding hydrogens is 284 g/mol. The Kier molecular flexibility index (Phi) is 4.79. The van der Waals surface area contributed by atoms with Gasteiger partial charge < -0.3 is 10.2 Å². The quantitative estimate of drug-likeness (QED) is 0.895. The highest BCUT2D eigenvalue weighted by atomic mass is 15.2. The average molecular weight is 310 g/mol. The van der Waals surface area contributed by atoms with E-state index in [9.17, 15) is 0 Å². The van der Waals surface area contributed by atoms with Crippen LogP contribution in [0, 0.1) is 13.8 Å². The number of para-hydroxylation sites is 1. The monoisotopic (exact) mass is 310 g/mol. The lowest BCUT2D eigenvalue weighted by atomic mass is 10.0. The molecule has 122 valence electrons. The molecule has 1 saturated heterocycles. The number of anilines is 3. The number of hydrogen-bond donors (Lipinski definition) is 1. The molecule has 1 unspecified atom stereocenters. The standard InChI is InChI=1S/C19H26N4/c1-4-16-10-5-6-13-23(16)17-11-12-20-19(21-17)22-18-14(2)8-7-9-15(18)3/h7-9,11-12,16H,4-6,10,13H2,1-3H3,(H,20,21,22). The molecule has 2 aromatic rings. The van der Waals surface area contributed by atoms with Gasteiger partial charge in [-0.3, -0.25) is 0 Å². The van der Waals surface area contributed by atoms with E-state index in [-0.39, 0.29) is 0 Å². The highest BCUT2D eigenvalue weighted by Gasteiger charge is 2.22. The smallest absolute Gasteiger partial charge is 0.229 e. The molecule has 4 nitrogen and oxygen atoms in total. The minimum Gasteiger partial charge on any atom is -0.353 e. The molecule has 23 heavy (non-hydrogen) atoms. The van der Waals surface area contributed by atoms with Gasteiger partial charge in [-0.25, -0.2) is 4.98 Å². The number of piperidine rings is 1. The lowest BCUT2D eigenvalue weighted by molar-refractivity contribution is 0.447. The average Bonchev–Trinajstić information content (AvgIpc) is 2.58. The minimum absolute atomic E-state index is 0.603. The SMILES string of the molecule is CCC1CCCCN1c1ccnc(Nc2c(C)cccc2C)n1. The first-order chi connectivity index (χ1) is 11.2. The largest absolute Gasteiger partial charge is 0.353 e. The van der Waals surface area contributed by atoms with Gasteiger partial charge in [-0.05, 0) is 56.7 Å². The highest BCUT2D eigenvalue weighted by molar-refractivity contribution is 5.63. The van der Waals surface area contributed by atoms with Crippen LogP contribution in [-0.2, 0) is 0 Å². The molecule has 1 N–H and O–H groups in total. The molecule has 0 amide bonds. The van der Waals surface area contributed by atoms with Gasteiger partial charge in [0.1, 0.15) is 5.82 Å². The summed E-state index contributed by atoms with van der Waals surface area (Å²) < 4.78 is 0. The molecule has 2 heterocycles. The number of rotatable bonds is 4. The van der Waals surface area contributed by atoms with Crippen LogP contribution >= 0.6 is 0 Å². The Morgan fingerprint density at radius 2 is 1.96 bits per heavy atom. The fraction of sp³-hybridized carbons (Fsp3) is 0.474. The van der Waals surface area contributed by atoms with Gasteiger partial charge in [-0.1, -0.05) is 25.1 Å². The zero-order valence-corrected chi connectivity index (χ0v) is 14.3. The topological polar surface area (TPSA) is 41.1 Å². The summed E-state index contributed by atoms with van der Waals surface area (Å²) in [7, 11) is 0. The number of aryl methyl sites for hydroxylation is 2. The zero-order valence-electron chi connectivity index (χ0n) is 14.3. The van der Waals surface area contributed by atoms with Gasteiger partial charge in [0.15, 0.2) is 0 Å². The predicted molar refractivity (Wildman–Crippen MR) is 96.5 cm³/mol. The normalized spacial score (nSPS) is 18.0. The number of hydrogen-bond acceptors (Lipinski definition) is 4. The van der Waals surface area contributed by atoms with Crippen molar-refractivity contribution in [2.45, 2.75) is 52.5 Å². The van der Waals surface area contributed by atoms with Crippen molar-refractivity contribution in [1.82, 2.24) is 9.97 Å². The molecule has 1 aliphatic heterocycles. The zero-order chi connectivity index (χ0) is 16.2. The second-order valence-corrected chi connectivity index (χ2v) is 6.38. The molecule has 3 rings (SSSR count). The maximum absolute atomic E-state index is 4.78. The van der Waals surface area contributed by atoms with Gasteiger partial charge >= 0.3 is 0 Å². The first-order valence-corrected chi connectivity index (χ1v) is 8.62. The first kappa shape index (κ1) is 15.8. The lowest BCUT2D eigenvalue weighted by Crippen LogP contribution is -2.39. The molecule has 1 aliphatic rings. The first-order valence-electron chi connectivity index (χ1n) is 8.62. The van der Waals surface area contributed by atoms with E-state index >= 15 is 0 Å². The third kappa shape index (κ3) is 3.46. The Bertz CT molecular complexity index is 648. The van der Waals surface area contributed by atoms with E-state index in [0.29, 0.717) is 12.0 Å². The van der Waals surface area contributed by atoms with Gasteiger partial charge in [-0.2, -0.15) is 4.98 Å². The Hall–Kier alpha value is -2.10. The fourth-order valence-corrected chi connectivity index (χ4v) is 3.42. The summed E-state index contributed by atoms with van der Waals surface area (Å²) in [5, 5.41) is 3.40. The molecule has 0 saturated carbocycles. The Balaban J connectivity index is 1.85. The molecule has 0 bridgehead atoms. The molecule has 0 radical (unpaired) electrons. The molecule has 0 spiro atoms. The van der Waals surface area contributed by atoms with Crippen molar-refractivity contribution < 1.29 is 0 Å². The number of nitrogens with one attached hydrogen (secondary N) is 1. The third-order valence-corrected chi connectivity index (χ3v) is 4.75. The summed E-state index contributed by atoms with van der Waals surface area (Å²) in [6, 6.07) is 8.93. The maximum atomic E-state index is 4.78. The third-order valence-electron chi connectivity index (χ3n) is 4.75. The van der Waals surface area contributed by atoms with E-state index in [0.717, 1.165) is 18.1 Å². The van der Waals surface area contributed by atoms with Crippen LogP contribution < -0.4 is 10.2 Å². The highest BCUT2D eigenvalue weighted by Crippen LogP contribution is 2.27. The van der Waals surface area contributed by atoms with E-state index in [1.807, 2.05) is 12.3 Å². The second-order valence-electron chi connectivity index (χ2n) is 6.38. The molecule has 1 atom stereocenters. The number of aromatic nitrogens is 2. The van der Waals surface area contributed by atoms with Crippen molar-refractivity contribution in [2.24, 2.45) is 0 Å². The molecule has 1 aromatic carbocycles. The van der Waals surface area contributed by atoms with Gasteiger partial charge in [0.25, 0.3) is 0 Å². The van der Waals surface area contributed by atoms with Gasteiger partial charge in [0.05, 0.1) is 0 Å². The van der Waals surface area contributed by atoms with Crippen LogP contribution in [0.5, 0.6) is 0 Å². The molecule has 0 aliphatic carbocycles. The fourth-order valence-electron chi connectivity index (χ4n) is 3.42. The van der Waals surface area contributed by atoms with Crippen molar-refractivity contribution in [2.75, 3.05) is 16.8 Å². The van der Waals surface area contributed by atoms with Crippen LogP contribution in [0.3, 0.4) is 0 Å². The number of benzene rings is 1. The summed E-state index contributed by atoms with van der Waals surface area (Å²) in [4.78, 5) is 11.6. The Labute approximate surface area is 139 Å². The predicted octanol–water partition coefficient (Wildman–Crippen LogP) is 4.61. The van der Waals surface area contributed by atoms with Crippen LogP contribution in [0.1, 0.15) is 43.7 Å². The molecule has 4 heteroatoms. The van der Waals surface area contributed by atoms with Gasteiger partial charge in [-0.15, -0.1) is 0 Å².